The second-order valence-corrected chi connectivity index (χ2v) is 12.9. The Kier molecular flexibility index (Phi) is 23.1. The average molecular weight is 734 g/mol. The van der Waals surface area contributed by atoms with Crippen LogP contribution in [0.25, 0.3) is 33.7 Å². The summed E-state index contributed by atoms with van der Waals surface area (Å²) in [5.41, 5.74) is 3.30. The lowest BCUT2D eigenvalue weighted by Crippen LogP contribution is -2.23. The van der Waals surface area contributed by atoms with Crippen LogP contribution in [0.4, 0.5) is 8.78 Å². The highest BCUT2D eigenvalue weighted by Gasteiger charge is 2.20. The Morgan fingerprint density at radius 2 is 1.49 bits per heavy atom. The summed E-state index contributed by atoms with van der Waals surface area (Å²) in [7, 11) is 0. The van der Waals surface area contributed by atoms with E-state index in [0.717, 1.165) is 45.6 Å². The minimum Gasteiger partial charge on any atom is -0.385 e. The van der Waals surface area contributed by atoms with E-state index in [1.807, 2.05) is 52.8 Å². The molecule has 1 N–H and O–H groups in total. The third-order valence-electron chi connectivity index (χ3n) is 8.92. The second kappa shape index (κ2) is 26.0. The van der Waals surface area contributed by atoms with E-state index in [4.69, 9.17) is 4.98 Å². The first-order valence-corrected chi connectivity index (χ1v) is 20.2. The summed E-state index contributed by atoms with van der Waals surface area (Å²) in [6, 6.07) is 12.5. The Morgan fingerprint density at radius 1 is 0.887 bits per heavy atom. The fraction of sp³-hybridized carbons (Fsp3) is 0.533. The molecule has 0 amide bonds. The van der Waals surface area contributed by atoms with Gasteiger partial charge in [0.2, 0.25) is 0 Å². The van der Waals surface area contributed by atoms with Crippen molar-refractivity contribution in [1.82, 2.24) is 24.8 Å². The van der Waals surface area contributed by atoms with Crippen molar-refractivity contribution in [2.75, 3.05) is 26.2 Å². The van der Waals surface area contributed by atoms with Crippen LogP contribution in [0.2, 0.25) is 0 Å². The molecule has 0 unspecified atom stereocenters. The van der Waals surface area contributed by atoms with Gasteiger partial charge in [-0.25, -0.2) is 18.7 Å². The second-order valence-electron chi connectivity index (χ2n) is 12.9. The molecule has 1 saturated carbocycles. The van der Waals surface area contributed by atoms with Gasteiger partial charge in [-0.3, -0.25) is 9.36 Å². The maximum atomic E-state index is 14.7. The molecule has 1 fully saturated rings. The number of aryl methyl sites for hydroxylation is 2. The molecule has 2 aromatic heterocycles. The number of fused-ring (bicyclic) bond motifs is 1. The molecule has 1 aliphatic rings. The van der Waals surface area contributed by atoms with Crippen LogP contribution in [0.1, 0.15) is 131 Å². The van der Waals surface area contributed by atoms with Crippen molar-refractivity contribution < 1.29 is 8.78 Å². The Bertz CT molecular complexity index is 1690. The summed E-state index contributed by atoms with van der Waals surface area (Å²) in [5.74, 6) is -0.631. The molecule has 0 atom stereocenters. The summed E-state index contributed by atoms with van der Waals surface area (Å²) in [6.45, 7) is 31.5. The third-order valence-corrected chi connectivity index (χ3v) is 8.92. The number of hydrogen-bond acceptors (Lipinski definition) is 5. The van der Waals surface area contributed by atoms with Gasteiger partial charge in [-0.1, -0.05) is 119 Å². The topological polar surface area (TPSA) is 63.1 Å². The standard InChI is InChI=1S/C30H30F2N4O.C8H19N.C3H8.2C2H6/c1-18-12-13-22(19(2)33-17-21-8-5-4-6-9-21)16-24(18)28-23-14-15-27(37)36(30(23)35-20(3)34-28)29-25(31)10-7-11-26(29)32;1-4-7-8-9(5-2)6-3;1-3-2;2*1-2/h7,10-16,21,33H,2,4-6,8-9,17H2,1,3H3;4-8H2,1-3H3;3H2,1-2H3;2*1-2H3. The molecular weight excluding hydrogens is 665 g/mol. The van der Waals surface area contributed by atoms with Crippen molar-refractivity contribution in [2.45, 2.75) is 128 Å². The zero-order chi connectivity index (χ0) is 39.9. The number of nitrogens with one attached hydrogen (secondary N) is 1. The van der Waals surface area contributed by atoms with Crippen molar-refractivity contribution in [2.24, 2.45) is 5.92 Å². The Hall–Kier alpha value is -3.91. The molecule has 6 nitrogen and oxygen atoms in total. The van der Waals surface area contributed by atoms with Crippen LogP contribution in [0, 0.1) is 31.4 Å². The van der Waals surface area contributed by atoms with Crippen LogP contribution in [0.5, 0.6) is 0 Å². The highest BCUT2D eigenvalue weighted by molar-refractivity contribution is 5.92. The number of pyridine rings is 1. The minimum absolute atomic E-state index is 0.151. The van der Waals surface area contributed by atoms with E-state index in [9.17, 15) is 13.6 Å². The average Bonchev–Trinajstić information content (AvgIpc) is 3.17. The van der Waals surface area contributed by atoms with Crippen LogP contribution in [0.15, 0.2) is 59.9 Å². The third kappa shape index (κ3) is 14.1. The first-order chi connectivity index (χ1) is 25.6. The molecule has 0 bridgehead atoms. The Labute approximate surface area is 320 Å². The number of benzene rings is 2. The van der Waals surface area contributed by atoms with E-state index in [-0.39, 0.29) is 5.65 Å². The normalized spacial score (nSPS) is 12.3. The van der Waals surface area contributed by atoms with Gasteiger partial charge in [0.25, 0.3) is 5.56 Å². The maximum Gasteiger partial charge on any atom is 0.256 e. The number of halogens is 2. The van der Waals surface area contributed by atoms with Gasteiger partial charge >= 0.3 is 0 Å². The van der Waals surface area contributed by atoms with Gasteiger partial charge in [0.1, 0.15) is 23.1 Å². The summed E-state index contributed by atoms with van der Waals surface area (Å²) in [4.78, 5) is 24.5. The smallest absolute Gasteiger partial charge is 0.256 e. The van der Waals surface area contributed by atoms with Crippen molar-refractivity contribution in [3.8, 4) is 16.9 Å². The zero-order valence-electron chi connectivity index (χ0n) is 34.8. The van der Waals surface area contributed by atoms with Crippen molar-refractivity contribution in [1.29, 1.82) is 0 Å². The number of rotatable bonds is 11. The largest absolute Gasteiger partial charge is 0.385 e. The quantitative estimate of drug-likeness (QED) is 0.166. The Balaban J connectivity index is 0.000000748. The molecule has 8 heteroatoms. The van der Waals surface area contributed by atoms with Gasteiger partial charge in [-0.05, 0) is 94.1 Å². The zero-order valence-corrected chi connectivity index (χ0v) is 34.8. The van der Waals surface area contributed by atoms with Crippen molar-refractivity contribution in [3.63, 3.8) is 0 Å². The molecule has 0 spiro atoms. The van der Waals surface area contributed by atoms with Crippen LogP contribution in [-0.4, -0.2) is 45.6 Å². The fourth-order valence-corrected chi connectivity index (χ4v) is 6.10. The van der Waals surface area contributed by atoms with Crippen molar-refractivity contribution >= 4 is 16.7 Å². The highest BCUT2D eigenvalue weighted by Crippen LogP contribution is 2.32. The van der Waals surface area contributed by atoms with E-state index in [1.165, 1.54) is 83.1 Å². The molecule has 0 radical (unpaired) electrons. The molecule has 0 saturated heterocycles. The highest BCUT2D eigenvalue weighted by atomic mass is 19.1. The van der Waals surface area contributed by atoms with Crippen LogP contribution in [-0.2, 0) is 0 Å². The van der Waals surface area contributed by atoms with Gasteiger partial charge in [0.15, 0.2) is 5.65 Å². The predicted molar refractivity (Wildman–Crippen MR) is 225 cm³/mol. The van der Waals surface area contributed by atoms with Gasteiger partial charge in [0, 0.05) is 29.3 Å². The molecule has 2 aromatic carbocycles. The van der Waals surface area contributed by atoms with E-state index in [2.05, 4.69) is 56.4 Å². The number of para-hydroxylation sites is 1. The number of unbranched alkanes of at least 4 members (excludes halogenated alkanes) is 1. The molecule has 2 heterocycles. The molecule has 4 aromatic rings. The van der Waals surface area contributed by atoms with Gasteiger partial charge in [-0.15, -0.1) is 0 Å². The lowest BCUT2D eigenvalue weighted by molar-refractivity contribution is 0.299. The summed E-state index contributed by atoms with van der Waals surface area (Å²) in [6.07, 6.45) is 10.3. The molecule has 294 valence electrons. The Morgan fingerprint density at radius 3 is 2.06 bits per heavy atom. The first-order valence-electron chi connectivity index (χ1n) is 20.2. The molecular formula is C45H69F2N5O. The van der Waals surface area contributed by atoms with Crippen LogP contribution < -0.4 is 10.9 Å². The predicted octanol–water partition coefficient (Wildman–Crippen LogP) is 12.1. The van der Waals surface area contributed by atoms with E-state index < -0.39 is 22.9 Å². The summed E-state index contributed by atoms with van der Waals surface area (Å²) < 4.78 is 30.4. The molecule has 5 rings (SSSR count). The molecule has 53 heavy (non-hydrogen) atoms. The molecule has 0 aliphatic heterocycles. The van der Waals surface area contributed by atoms with E-state index in [0.29, 0.717) is 22.8 Å². The maximum absolute atomic E-state index is 14.7. The summed E-state index contributed by atoms with van der Waals surface area (Å²) in [5, 5.41) is 4.03. The first kappa shape index (κ1) is 47.1. The number of aromatic nitrogens is 3. The minimum atomic E-state index is -0.842. The summed E-state index contributed by atoms with van der Waals surface area (Å²) >= 11 is 0. The monoisotopic (exact) mass is 734 g/mol. The van der Waals surface area contributed by atoms with Crippen molar-refractivity contribution in [3.05, 3.63) is 94.0 Å². The van der Waals surface area contributed by atoms with E-state index >= 15 is 0 Å². The van der Waals surface area contributed by atoms with Gasteiger partial charge < -0.3 is 10.2 Å². The van der Waals surface area contributed by atoms with Crippen LogP contribution in [0.3, 0.4) is 0 Å². The van der Waals surface area contributed by atoms with Gasteiger partial charge in [0.05, 0.1) is 5.69 Å². The number of nitrogens with zero attached hydrogens (tertiary/aromatic N) is 4. The van der Waals surface area contributed by atoms with Gasteiger partial charge in [-0.2, -0.15) is 0 Å². The lowest BCUT2D eigenvalue weighted by atomic mass is 9.89. The number of hydrogen-bond donors (Lipinski definition) is 1. The molecule has 1 aliphatic carbocycles. The van der Waals surface area contributed by atoms with E-state index in [1.54, 1.807) is 13.0 Å². The van der Waals surface area contributed by atoms with Crippen LogP contribution >= 0.6 is 0 Å². The lowest BCUT2D eigenvalue weighted by Gasteiger charge is -2.23. The SMILES string of the molecule is C=C(NCC1CCCCC1)c1ccc(C)c(-c2nc(C)nc3c2ccc(=O)n3-c2c(F)cccc2F)c1.CC.CC.CCC.CCCCN(CC)CC. The fourth-order valence-electron chi connectivity index (χ4n) is 6.10.